The number of allylic oxidation sites excluding steroid dienone is 1. The van der Waals surface area contributed by atoms with Crippen LogP contribution >= 0.6 is 27.3 Å². The normalized spacial score (nSPS) is 15.3. The van der Waals surface area contributed by atoms with E-state index in [0.29, 0.717) is 44.5 Å². The first-order valence-corrected chi connectivity index (χ1v) is 14.2. The summed E-state index contributed by atoms with van der Waals surface area (Å²) in [6, 6.07) is 18.2. The fourth-order valence-corrected chi connectivity index (χ4v) is 5.71. The van der Waals surface area contributed by atoms with E-state index < -0.39 is 12.0 Å². The third kappa shape index (κ3) is 5.55. The predicted molar refractivity (Wildman–Crippen MR) is 154 cm³/mol. The smallest absolute Gasteiger partial charge is 0.338 e. The summed E-state index contributed by atoms with van der Waals surface area (Å²) in [5.74, 6) is 1.46. The lowest BCUT2D eigenvalue weighted by atomic mass is 9.96. The van der Waals surface area contributed by atoms with E-state index in [2.05, 4.69) is 20.9 Å². The highest BCUT2D eigenvalue weighted by Crippen LogP contribution is 2.32. The van der Waals surface area contributed by atoms with Gasteiger partial charge in [-0.3, -0.25) is 9.36 Å². The van der Waals surface area contributed by atoms with Crippen LogP contribution in [0, 0.1) is 0 Å². The van der Waals surface area contributed by atoms with Gasteiger partial charge in [0.1, 0.15) is 17.3 Å². The number of hydrogen-bond acceptors (Lipinski definition) is 7. The first kappa shape index (κ1) is 26.9. The van der Waals surface area contributed by atoms with E-state index >= 15 is 0 Å². The van der Waals surface area contributed by atoms with E-state index in [0.717, 1.165) is 15.6 Å². The van der Waals surface area contributed by atoms with Gasteiger partial charge in [-0.25, -0.2) is 9.79 Å². The Kier molecular flexibility index (Phi) is 7.72. The number of benzene rings is 2. The van der Waals surface area contributed by atoms with E-state index in [1.165, 1.54) is 11.3 Å². The number of fused-ring (bicyclic) bond motifs is 1. The van der Waals surface area contributed by atoms with Crippen LogP contribution in [0.2, 0.25) is 0 Å². The first-order chi connectivity index (χ1) is 18.7. The molecular weight excluding hydrogens is 580 g/mol. The number of carbonyl (C=O) groups is 1. The second kappa shape index (κ2) is 11.2. The van der Waals surface area contributed by atoms with E-state index in [-0.39, 0.29) is 11.7 Å². The molecule has 0 fully saturated rings. The van der Waals surface area contributed by atoms with Crippen molar-refractivity contribution in [1.82, 2.24) is 4.57 Å². The molecule has 9 heteroatoms. The minimum Gasteiger partial charge on any atom is -0.494 e. The third-order valence-electron chi connectivity index (χ3n) is 6.12. The molecule has 1 aliphatic heterocycles. The van der Waals surface area contributed by atoms with E-state index in [4.69, 9.17) is 13.9 Å². The van der Waals surface area contributed by atoms with Crippen molar-refractivity contribution in [2.45, 2.75) is 39.8 Å². The number of rotatable bonds is 7. The molecule has 0 radical (unpaired) electrons. The lowest BCUT2D eigenvalue weighted by Gasteiger charge is -2.25. The summed E-state index contributed by atoms with van der Waals surface area (Å²) in [5.41, 5.74) is 2.28. The van der Waals surface area contributed by atoms with Crippen LogP contribution in [0.4, 0.5) is 0 Å². The van der Waals surface area contributed by atoms with E-state index in [1.54, 1.807) is 31.4 Å². The van der Waals surface area contributed by atoms with Crippen LogP contribution in [-0.4, -0.2) is 23.2 Å². The monoisotopic (exact) mass is 606 g/mol. The molecule has 1 atom stereocenters. The van der Waals surface area contributed by atoms with Crippen molar-refractivity contribution in [3.63, 3.8) is 0 Å². The Labute approximate surface area is 237 Å². The lowest BCUT2D eigenvalue weighted by Crippen LogP contribution is -2.40. The van der Waals surface area contributed by atoms with Gasteiger partial charge in [0, 0.05) is 16.1 Å². The molecule has 7 nitrogen and oxygen atoms in total. The Morgan fingerprint density at radius 3 is 2.51 bits per heavy atom. The number of nitrogens with zero attached hydrogens (tertiary/aromatic N) is 2. The zero-order valence-corrected chi connectivity index (χ0v) is 24.3. The van der Waals surface area contributed by atoms with Gasteiger partial charge in [0.15, 0.2) is 4.80 Å². The van der Waals surface area contributed by atoms with Gasteiger partial charge in [0.2, 0.25) is 0 Å². The van der Waals surface area contributed by atoms with Crippen molar-refractivity contribution in [1.29, 1.82) is 0 Å². The molecule has 0 amide bonds. The summed E-state index contributed by atoms with van der Waals surface area (Å²) in [7, 11) is 0. The molecule has 0 saturated carbocycles. The van der Waals surface area contributed by atoms with Crippen molar-refractivity contribution < 1.29 is 18.7 Å². The number of esters is 1. The molecule has 2 aromatic carbocycles. The zero-order valence-electron chi connectivity index (χ0n) is 21.9. The minimum absolute atomic E-state index is 0.262. The largest absolute Gasteiger partial charge is 0.494 e. The Hall–Kier alpha value is -3.69. The molecule has 39 heavy (non-hydrogen) atoms. The van der Waals surface area contributed by atoms with E-state index in [1.807, 2.05) is 67.6 Å². The number of furan rings is 1. The summed E-state index contributed by atoms with van der Waals surface area (Å²) < 4.78 is 20.2. The highest BCUT2D eigenvalue weighted by molar-refractivity contribution is 9.10. The number of aromatic nitrogens is 1. The number of halogens is 1. The Bertz CT molecular complexity index is 1730. The van der Waals surface area contributed by atoms with Gasteiger partial charge in [0.05, 0.1) is 34.6 Å². The minimum atomic E-state index is -0.694. The molecule has 0 unspecified atom stereocenters. The Balaban J connectivity index is 1.61. The average molecular weight is 608 g/mol. The van der Waals surface area contributed by atoms with Crippen molar-refractivity contribution in [2.75, 3.05) is 6.61 Å². The van der Waals surface area contributed by atoms with Crippen LogP contribution in [0.15, 0.2) is 90.6 Å². The van der Waals surface area contributed by atoms with Gasteiger partial charge < -0.3 is 13.9 Å². The van der Waals surface area contributed by atoms with Gasteiger partial charge in [-0.1, -0.05) is 51.5 Å². The average Bonchev–Trinajstić information content (AvgIpc) is 3.48. The van der Waals surface area contributed by atoms with Gasteiger partial charge >= 0.3 is 5.97 Å². The summed E-state index contributed by atoms with van der Waals surface area (Å²) in [5, 5.41) is 0. The Morgan fingerprint density at radius 2 is 1.85 bits per heavy atom. The summed E-state index contributed by atoms with van der Waals surface area (Å²) in [6.45, 7) is 7.81. The van der Waals surface area contributed by atoms with E-state index in [9.17, 15) is 9.59 Å². The number of thiazole rings is 1. The molecule has 0 aliphatic carbocycles. The maximum absolute atomic E-state index is 13.8. The van der Waals surface area contributed by atoms with Gasteiger partial charge in [0.25, 0.3) is 5.56 Å². The molecular formula is C30H27BrN2O5S. The maximum atomic E-state index is 13.8. The molecule has 0 saturated heterocycles. The second-order valence-corrected chi connectivity index (χ2v) is 11.2. The predicted octanol–water partition coefficient (Wildman–Crippen LogP) is 5.61. The lowest BCUT2D eigenvalue weighted by molar-refractivity contribution is -0.143. The van der Waals surface area contributed by atoms with Crippen molar-refractivity contribution >= 4 is 39.3 Å². The standard InChI is InChI=1S/C30H27BrN2O5S/c1-5-36-22-12-8-20(9-13-22)27-26(29(35)37-17(2)3)18(4)32-30-33(27)28(34)25(39-30)16-23-14-15-24(38-23)19-6-10-21(31)11-7-19/h6-17,27H,5H2,1-4H3/b25-16+/t27-/m0/s1. The number of hydrogen-bond donors (Lipinski definition) is 0. The quantitative estimate of drug-likeness (QED) is 0.255. The number of carbonyl (C=O) groups excluding carboxylic acids is 1. The van der Waals surface area contributed by atoms with Gasteiger partial charge in [-0.2, -0.15) is 0 Å². The summed E-state index contributed by atoms with van der Waals surface area (Å²) in [6.07, 6.45) is 1.40. The highest BCUT2D eigenvalue weighted by atomic mass is 79.9. The fraction of sp³-hybridized carbons (Fsp3) is 0.233. The molecule has 1 aliphatic rings. The highest BCUT2D eigenvalue weighted by Gasteiger charge is 2.33. The maximum Gasteiger partial charge on any atom is 0.338 e. The molecule has 3 heterocycles. The van der Waals surface area contributed by atoms with Crippen LogP contribution in [0.1, 0.15) is 45.1 Å². The zero-order chi connectivity index (χ0) is 27.7. The molecule has 0 spiro atoms. The van der Waals surface area contributed by atoms with Crippen molar-refractivity contribution in [3.05, 3.63) is 107 Å². The van der Waals surface area contributed by atoms with Crippen LogP contribution in [-0.2, 0) is 9.53 Å². The van der Waals surface area contributed by atoms with Crippen molar-refractivity contribution in [2.24, 2.45) is 4.99 Å². The molecule has 0 bridgehead atoms. The van der Waals surface area contributed by atoms with Gasteiger partial charge in [-0.05, 0) is 69.7 Å². The SMILES string of the molecule is CCOc1ccc([C@H]2C(C(=O)OC(C)C)=C(C)N=c3s/c(=C/c4ccc(-c5ccc(Br)cc5)o4)c(=O)n32)cc1. The first-order valence-electron chi connectivity index (χ1n) is 12.6. The summed E-state index contributed by atoms with van der Waals surface area (Å²) in [4.78, 5) is 32.2. The third-order valence-corrected chi connectivity index (χ3v) is 7.63. The summed E-state index contributed by atoms with van der Waals surface area (Å²) >= 11 is 4.70. The van der Waals surface area contributed by atoms with Gasteiger partial charge in [-0.15, -0.1) is 0 Å². The molecule has 4 aromatic rings. The van der Waals surface area contributed by atoms with Crippen LogP contribution in [0.5, 0.6) is 5.75 Å². The van der Waals surface area contributed by atoms with Crippen LogP contribution in [0.3, 0.4) is 0 Å². The molecule has 0 N–H and O–H groups in total. The Morgan fingerprint density at radius 1 is 1.13 bits per heavy atom. The fourth-order valence-electron chi connectivity index (χ4n) is 4.42. The van der Waals surface area contributed by atoms with Crippen LogP contribution in [0.25, 0.3) is 17.4 Å². The number of ether oxygens (including phenoxy) is 2. The van der Waals surface area contributed by atoms with Crippen LogP contribution < -0.4 is 19.6 Å². The molecule has 200 valence electrons. The van der Waals surface area contributed by atoms with Crippen molar-refractivity contribution in [3.8, 4) is 17.1 Å². The molecule has 5 rings (SSSR count). The second-order valence-electron chi connectivity index (χ2n) is 9.25. The molecule has 2 aromatic heterocycles. The topological polar surface area (TPSA) is 83.0 Å².